The van der Waals surface area contributed by atoms with E-state index in [0.29, 0.717) is 6.54 Å². The lowest BCUT2D eigenvalue weighted by atomic mass is 9.92. The van der Waals surface area contributed by atoms with E-state index < -0.39 is 23.5 Å². The van der Waals surface area contributed by atoms with Gasteiger partial charge in [-0.1, -0.05) is 36.4 Å². The van der Waals surface area contributed by atoms with Crippen molar-refractivity contribution in [2.75, 3.05) is 0 Å². The Morgan fingerprint density at radius 1 is 1.00 bits per heavy atom. The first-order valence-electron chi connectivity index (χ1n) is 7.43. The third-order valence-electron chi connectivity index (χ3n) is 3.60. The molecule has 6 heteroatoms. The Morgan fingerprint density at radius 3 is 2.33 bits per heavy atom. The van der Waals surface area contributed by atoms with Crippen LogP contribution in [-0.4, -0.2) is 17.0 Å². The van der Waals surface area contributed by atoms with Crippen molar-refractivity contribution in [1.82, 2.24) is 5.32 Å². The number of rotatable bonds is 7. The number of carboxylic acid groups (broad SMARTS) is 1. The summed E-state index contributed by atoms with van der Waals surface area (Å²) in [5.74, 6) is -4.27. The number of benzene rings is 2. The molecule has 0 bridgehead atoms. The Morgan fingerprint density at radius 2 is 1.71 bits per heavy atom. The Bertz CT molecular complexity index is 719. The van der Waals surface area contributed by atoms with Gasteiger partial charge in [-0.25, -0.2) is 8.78 Å². The van der Waals surface area contributed by atoms with Crippen LogP contribution in [0.25, 0.3) is 0 Å². The van der Waals surface area contributed by atoms with Gasteiger partial charge in [-0.05, 0) is 23.3 Å². The largest absolute Gasteiger partial charge is 0.481 e. The molecule has 0 heterocycles. The predicted octanol–water partition coefficient (Wildman–Crippen LogP) is 3.23. The smallest absolute Gasteiger partial charge is 0.303 e. The summed E-state index contributed by atoms with van der Waals surface area (Å²) in [4.78, 5) is 23.1. The van der Waals surface area contributed by atoms with Gasteiger partial charge in [0.1, 0.15) is 0 Å². The first-order valence-corrected chi connectivity index (χ1v) is 7.43. The molecule has 0 aliphatic rings. The van der Waals surface area contributed by atoms with E-state index in [2.05, 4.69) is 5.32 Å². The molecule has 0 aliphatic carbocycles. The zero-order valence-corrected chi connectivity index (χ0v) is 12.8. The molecule has 126 valence electrons. The maximum atomic E-state index is 13.4. The molecule has 1 atom stereocenters. The summed E-state index contributed by atoms with van der Waals surface area (Å²) in [7, 11) is 0. The van der Waals surface area contributed by atoms with E-state index in [1.54, 1.807) is 0 Å². The summed E-state index contributed by atoms with van der Waals surface area (Å²) in [6, 6.07) is 12.4. The highest BCUT2D eigenvalue weighted by atomic mass is 19.2. The van der Waals surface area contributed by atoms with Crippen LogP contribution in [0.1, 0.15) is 29.9 Å². The summed E-state index contributed by atoms with van der Waals surface area (Å²) in [5, 5.41) is 11.7. The number of halogens is 2. The predicted molar refractivity (Wildman–Crippen MR) is 84.3 cm³/mol. The molecule has 0 fully saturated rings. The summed E-state index contributed by atoms with van der Waals surface area (Å²) in [6.45, 7) is 0.317. The number of carbonyl (C=O) groups is 2. The molecule has 0 aromatic heterocycles. The van der Waals surface area contributed by atoms with E-state index in [1.165, 1.54) is 6.07 Å². The first kappa shape index (κ1) is 17.6. The lowest BCUT2D eigenvalue weighted by Gasteiger charge is -2.15. The molecular weight excluding hydrogens is 316 g/mol. The highest BCUT2D eigenvalue weighted by molar-refractivity contribution is 5.78. The monoisotopic (exact) mass is 333 g/mol. The molecule has 24 heavy (non-hydrogen) atoms. The molecule has 0 saturated heterocycles. The van der Waals surface area contributed by atoms with Crippen LogP contribution in [0.2, 0.25) is 0 Å². The molecular formula is C18H17F2NO3. The van der Waals surface area contributed by atoms with Crippen molar-refractivity contribution in [2.45, 2.75) is 25.3 Å². The molecule has 2 rings (SSSR count). The zero-order chi connectivity index (χ0) is 17.5. The van der Waals surface area contributed by atoms with Crippen LogP contribution < -0.4 is 5.32 Å². The number of amides is 1. The van der Waals surface area contributed by atoms with Crippen LogP contribution in [-0.2, 0) is 16.1 Å². The molecule has 0 radical (unpaired) electrons. The fraction of sp³-hybridized carbons (Fsp3) is 0.222. The zero-order valence-electron chi connectivity index (χ0n) is 12.8. The van der Waals surface area contributed by atoms with Gasteiger partial charge >= 0.3 is 5.97 Å². The Hall–Kier alpha value is -2.76. The second-order valence-electron chi connectivity index (χ2n) is 5.43. The first-order chi connectivity index (χ1) is 11.5. The third-order valence-corrected chi connectivity index (χ3v) is 3.60. The summed E-state index contributed by atoms with van der Waals surface area (Å²) in [5.41, 5.74) is 1.19. The van der Waals surface area contributed by atoms with Crippen LogP contribution in [0.15, 0.2) is 48.5 Å². The molecule has 1 unspecified atom stereocenters. The van der Waals surface area contributed by atoms with E-state index in [-0.39, 0.29) is 24.3 Å². The van der Waals surface area contributed by atoms with Gasteiger partial charge < -0.3 is 10.4 Å². The van der Waals surface area contributed by atoms with Crippen LogP contribution >= 0.6 is 0 Å². The van der Waals surface area contributed by atoms with E-state index in [1.807, 2.05) is 30.3 Å². The highest BCUT2D eigenvalue weighted by Crippen LogP contribution is 2.25. The number of nitrogens with one attached hydrogen (secondary N) is 1. The van der Waals surface area contributed by atoms with Crippen LogP contribution in [0.5, 0.6) is 0 Å². The van der Waals surface area contributed by atoms with Crippen molar-refractivity contribution in [3.05, 3.63) is 71.3 Å². The number of hydrogen-bond donors (Lipinski definition) is 2. The van der Waals surface area contributed by atoms with E-state index in [4.69, 9.17) is 5.11 Å². The third kappa shape index (κ3) is 5.15. The topological polar surface area (TPSA) is 66.4 Å². The SMILES string of the molecule is O=C(O)CC(CC(=O)NCc1ccccc1)c1ccc(F)c(F)c1. The lowest BCUT2D eigenvalue weighted by molar-refractivity contribution is -0.137. The van der Waals surface area contributed by atoms with Gasteiger partial charge in [0.15, 0.2) is 11.6 Å². The molecule has 4 nitrogen and oxygen atoms in total. The molecule has 1 amide bonds. The molecule has 0 spiro atoms. The van der Waals surface area contributed by atoms with Gasteiger partial charge in [0.2, 0.25) is 5.91 Å². The van der Waals surface area contributed by atoms with Crippen LogP contribution in [0, 0.1) is 11.6 Å². The van der Waals surface area contributed by atoms with Gasteiger partial charge in [0.25, 0.3) is 0 Å². The highest BCUT2D eigenvalue weighted by Gasteiger charge is 2.20. The lowest BCUT2D eigenvalue weighted by Crippen LogP contribution is -2.25. The van der Waals surface area contributed by atoms with E-state index in [9.17, 15) is 18.4 Å². The molecule has 2 aromatic rings. The summed E-state index contributed by atoms with van der Waals surface area (Å²) >= 11 is 0. The van der Waals surface area contributed by atoms with Crippen molar-refractivity contribution in [3.8, 4) is 0 Å². The second kappa shape index (κ2) is 8.19. The quantitative estimate of drug-likeness (QED) is 0.817. The van der Waals surface area contributed by atoms with Crippen molar-refractivity contribution >= 4 is 11.9 Å². The van der Waals surface area contributed by atoms with Crippen molar-refractivity contribution in [3.63, 3.8) is 0 Å². The second-order valence-corrected chi connectivity index (χ2v) is 5.43. The van der Waals surface area contributed by atoms with Gasteiger partial charge in [-0.2, -0.15) is 0 Å². The van der Waals surface area contributed by atoms with Gasteiger partial charge in [-0.15, -0.1) is 0 Å². The van der Waals surface area contributed by atoms with Gasteiger partial charge in [-0.3, -0.25) is 9.59 Å². The Labute approximate surface area is 138 Å². The maximum absolute atomic E-state index is 13.4. The maximum Gasteiger partial charge on any atom is 0.303 e. The van der Waals surface area contributed by atoms with Crippen LogP contribution in [0.4, 0.5) is 8.78 Å². The van der Waals surface area contributed by atoms with Crippen molar-refractivity contribution in [1.29, 1.82) is 0 Å². The average Bonchev–Trinajstić information content (AvgIpc) is 2.55. The molecule has 0 aliphatic heterocycles. The molecule has 0 saturated carbocycles. The standard InChI is InChI=1S/C18H17F2NO3/c19-15-7-6-13(8-16(15)20)14(10-18(23)24)9-17(22)21-11-12-4-2-1-3-5-12/h1-8,14H,9-11H2,(H,21,22)(H,23,24). The minimum atomic E-state index is -1.11. The van der Waals surface area contributed by atoms with Crippen molar-refractivity contribution in [2.24, 2.45) is 0 Å². The fourth-order valence-corrected chi connectivity index (χ4v) is 2.38. The number of carboxylic acids is 1. The minimum absolute atomic E-state index is 0.121. The molecule has 2 aromatic carbocycles. The summed E-state index contributed by atoms with van der Waals surface area (Å²) < 4.78 is 26.4. The van der Waals surface area contributed by atoms with Gasteiger partial charge in [0.05, 0.1) is 6.42 Å². The number of aliphatic carboxylic acids is 1. The normalized spacial score (nSPS) is 11.8. The van der Waals surface area contributed by atoms with Crippen molar-refractivity contribution < 1.29 is 23.5 Å². The molecule has 2 N–H and O–H groups in total. The average molecular weight is 333 g/mol. The van der Waals surface area contributed by atoms with E-state index in [0.717, 1.165) is 17.7 Å². The number of hydrogen-bond acceptors (Lipinski definition) is 2. The Kier molecular flexibility index (Phi) is 6.01. The van der Waals surface area contributed by atoms with Crippen LogP contribution in [0.3, 0.4) is 0 Å². The minimum Gasteiger partial charge on any atom is -0.481 e. The fourth-order valence-electron chi connectivity index (χ4n) is 2.38. The number of carbonyl (C=O) groups excluding carboxylic acids is 1. The Balaban J connectivity index is 2.03. The van der Waals surface area contributed by atoms with E-state index >= 15 is 0 Å². The summed E-state index contributed by atoms with van der Waals surface area (Å²) in [6.07, 6.45) is -0.464. The van der Waals surface area contributed by atoms with Gasteiger partial charge in [0, 0.05) is 18.9 Å².